The van der Waals surface area contributed by atoms with Gasteiger partial charge in [-0.25, -0.2) is 0 Å². The Bertz CT molecular complexity index is 584. The number of nitrogens with one attached hydrogen (secondary N) is 2. The van der Waals surface area contributed by atoms with Gasteiger partial charge in [0.2, 0.25) is 0 Å². The largest absolute Gasteiger partial charge is 0.357 e. The van der Waals surface area contributed by atoms with Crippen LogP contribution in [0.2, 0.25) is 0 Å². The van der Waals surface area contributed by atoms with E-state index >= 15 is 0 Å². The maximum atomic E-state index is 11.9. The third-order valence-electron chi connectivity index (χ3n) is 3.98. The van der Waals surface area contributed by atoms with Crippen LogP contribution in [0.4, 0.5) is 0 Å². The summed E-state index contributed by atoms with van der Waals surface area (Å²) >= 11 is 0. The van der Waals surface area contributed by atoms with Crippen LogP contribution in [0, 0.1) is 0 Å². The van der Waals surface area contributed by atoms with E-state index in [1.807, 2.05) is 6.07 Å². The second-order valence-corrected chi connectivity index (χ2v) is 5.83. The zero-order valence-electron chi connectivity index (χ0n) is 11.9. The molecule has 1 heterocycles. The van der Waals surface area contributed by atoms with Crippen molar-refractivity contribution in [3.05, 3.63) is 59.4 Å². The van der Waals surface area contributed by atoms with E-state index in [1.54, 1.807) is 12.3 Å². The Hall–Kier alpha value is -2.03. The fraction of sp³-hybridized carbons (Fsp3) is 0.353. The molecule has 2 N–H and O–H groups in total. The highest BCUT2D eigenvalue weighted by atomic mass is 16.2. The summed E-state index contributed by atoms with van der Waals surface area (Å²) in [6, 6.07) is 12.7. The summed E-state index contributed by atoms with van der Waals surface area (Å²) in [5.41, 5.74) is 3.32. The minimum Gasteiger partial charge on any atom is -0.357 e. The molecule has 3 heteroatoms. The summed E-state index contributed by atoms with van der Waals surface area (Å²) < 4.78 is 0. The van der Waals surface area contributed by atoms with E-state index in [4.69, 9.17) is 0 Å². The lowest BCUT2D eigenvalue weighted by atomic mass is 10.0. The maximum absolute atomic E-state index is 11.9. The van der Waals surface area contributed by atoms with E-state index in [1.165, 1.54) is 11.1 Å². The number of carbonyl (C=O) groups is 1. The second-order valence-electron chi connectivity index (χ2n) is 5.83. The topological polar surface area (TPSA) is 44.9 Å². The van der Waals surface area contributed by atoms with Crippen molar-refractivity contribution in [1.82, 2.24) is 10.3 Å². The third-order valence-corrected chi connectivity index (χ3v) is 3.98. The molecule has 20 heavy (non-hydrogen) atoms. The number of amides is 1. The van der Waals surface area contributed by atoms with Crippen LogP contribution >= 0.6 is 0 Å². The van der Waals surface area contributed by atoms with Crippen LogP contribution in [0.5, 0.6) is 0 Å². The van der Waals surface area contributed by atoms with Crippen molar-refractivity contribution in [2.75, 3.05) is 0 Å². The number of hydrogen-bond donors (Lipinski definition) is 2. The van der Waals surface area contributed by atoms with E-state index in [-0.39, 0.29) is 11.9 Å². The number of aromatic nitrogens is 1. The number of hydrogen-bond acceptors (Lipinski definition) is 1. The van der Waals surface area contributed by atoms with E-state index in [0.717, 1.165) is 6.42 Å². The lowest BCUT2D eigenvalue weighted by molar-refractivity contribution is 0.0946. The predicted molar refractivity (Wildman–Crippen MR) is 79.9 cm³/mol. The highest BCUT2D eigenvalue weighted by Crippen LogP contribution is 2.41. The van der Waals surface area contributed by atoms with Crippen molar-refractivity contribution in [2.45, 2.75) is 38.1 Å². The third kappa shape index (κ3) is 2.62. The van der Waals surface area contributed by atoms with Gasteiger partial charge in [-0.2, -0.15) is 0 Å². The molecule has 3 nitrogen and oxygen atoms in total. The average Bonchev–Trinajstić information content (AvgIpc) is 2.99. The molecule has 1 aromatic carbocycles. The molecule has 0 radical (unpaired) electrons. The summed E-state index contributed by atoms with van der Waals surface area (Å²) in [5.74, 6) is 1.02. The molecule has 1 saturated carbocycles. The fourth-order valence-corrected chi connectivity index (χ4v) is 2.57. The van der Waals surface area contributed by atoms with Crippen molar-refractivity contribution in [3.8, 4) is 0 Å². The van der Waals surface area contributed by atoms with Gasteiger partial charge in [0.05, 0.1) is 0 Å². The van der Waals surface area contributed by atoms with Crippen LogP contribution in [0.25, 0.3) is 0 Å². The molecule has 104 valence electrons. The molecule has 0 saturated heterocycles. The molecule has 1 aliphatic rings. The van der Waals surface area contributed by atoms with Gasteiger partial charge in [0, 0.05) is 18.2 Å². The average molecular weight is 268 g/mol. The Morgan fingerprint density at radius 1 is 1.25 bits per heavy atom. The Kier molecular flexibility index (Phi) is 3.35. The number of benzene rings is 1. The van der Waals surface area contributed by atoms with Gasteiger partial charge in [-0.15, -0.1) is 0 Å². The minimum atomic E-state index is -0.0127. The van der Waals surface area contributed by atoms with Gasteiger partial charge in [-0.1, -0.05) is 38.1 Å². The Morgan fingerprint density at radius 2 is 2.00 bits per heavy atom. The van der Waals surface area contributed by atoms with Crippen LogP contribution in [-0.2, 0) is 0 Å². The Balaban J connectivity index is 1.60. The van der Waals surface area contributed by atoms with Crippen molar-refractivity contribution < 1.29 is 4.79 Å². The molecule has 1 fully saturated rings. The molecule has 1 amide bonds. The quantitative estimate of drug-likeness (QED) is 0.876. The fourth-order valence-electron chi connectivity index (χ4n) is 2.57. The molecule has 1 aromatic heterocycles. The highest BCUT2D eigenvalue weighted by Gasteiger charge is 2.39. The van der Waals surface area contributed by atoms with Crippen LogP contribution in [0.15, 0.2) is 42.6 Å². The van der Waals surface area contributed by atoms with Crippen LogP contribution in [0.1, 0.15) is 53.7 Å². The summed E-state index contributed by atoms with van der Waals surface area (Å²) in [5, 5.41) is 3.07. The van der Waals surface area contributed by atoms with E-state index in [0.29, 0.717) is 17.5 Å². The number of carbonyl (C=O) groups excluding carboxylic acids is 1. The van der Waals surface area contributed by atoms with E-state index < -0.39 is 0 Å². The Morgan fingerprint density at radius 3 is 2.60 bits per heavy atom. The first-order chi connectivity index (χ1) is 9.65. The van der Waals surface area contributed by atoms with Crippen LogP contribution in [-0.4, -0.2) is 16.9 Å². The molecule has 0 bridgehead atoms. The van der Waals surface area contributed by atoms with Gasteiger partial charge < -0.3 is 10.3 Å². The molecular weight excluding hydrogens is 248 g/mol. The smallest absolute Gasteiger partial charge is 0.267 e. The summed E-state index contributed by atoms with van der Waals surface area (Å²) in [4.78, 5) is 14.9. The van der Waals surface area contributed by atoms with Gasteiger partial charge >= 0.3 is 0 Å². The Labute approximate surface area is 119 Å². The molecule has 1 aliphatic carbocycles. The number of H-pyrrole nitrogens is 1. The van der Waals surface area contributed by atoms with Crippen LogP contribution < -0.4 is 5.32 Å². The predicted octanol–water partition coefficient (Wildman–Crippen LogP) is 3.42. The zero-order valence-corrected chi connectivity index (χ0v) is 11.9. The first-order valence-electron chi connectivity index (χ1n) is 7.19. The van der Waals surface area contributed by atoms with Crippen molar-refractivity contribution >= 4 is 5.91 Å². The van der Waals surface area contributed by atoms with Crippen molar-refractivity contribution in [2.24, 2.45) is 0 Å². The minimum absolute atomic E-state index is 0.0127. The standard InChI is InChI=1S/C17H20N2O/c1-11(2)12-5-7-13(8-6-12)14-10-16(14)19-17(20)15-4-3-9-18-15/h3-9,11,14,16,18H,10H2,1-2H3,(H,19,20)/t14-,16+/m0/s1. The molecule has 0 spiro atoms. The van der Waals surface area contributed by atoms with Crippen molar-refractivity contribution in [3.63, 3.8) is 0 Å². The molecule has 2 aromatic rings. The summed E-state index contributed by atoms with van der Waals surface area (Å²) in [6.45, 7) is 4.40. The number of aromatic amines is 1. The molecule has 0 unspecified atom stereocenters. The van der Waals surface area contributed by atoms with E-state index in [9.17, 15) is 4.79 Å². The highest BCUT2D eigenvalue weighted by molar-refractivity contribution is 5.92. The number of rotatable bonds is 4. The van der Waals surface area contributed by atoms with Gasteiger partial charge in [0.25, 0.3) is 5.91 Å². The lowest BCUT2D eigenvalue weighted by Gasteiger charge is -2.07. The van der Waals surface area contributed by atoms with Gasteiger partial charge in [0.1, 0.15) is 5.69 Å². The van der Waals surface area contributed by atoms with Gasteiger partial charge in [-0.3, -0.25) is 4.79 Å². The summed E-state index contributed by atoms with van der Waals surface area (Å²) in [6.07, 6.45) is 2.80. The molecule has 2 atom stereocenters. The lowest BCUT2D eigenvalue weighted by Crippen LogP contribution is -2.26. The summed E-state index contributed by atoms with van der Waals surface area (Å²) in [7, 11) is 0. The second kappa shape index (κ2) is 5.16. The van der Waals surface area contributed by atoms with Gasteiger partial charge in [0.15, 0.2) is 0 Å². The zero-order chi connectivity index (χ0) is 14.1. The normalized spacial score (nSPS) is 20.9. The van der Waals surface area contributed by atoms with Gasteiger partial charge in [-0.05, 0) is 35.6 Å². The van der Waals surface area contributed by atoms with Crippen molar-refractivity contribution in [1.29, 1.82) is 0 Å². The molecular formula is C17H20N2O. The molecule has 0 aliphatic heterocycles. The SMILES string of the molecule is CC(C)c1ccc([C@@H]2C[C@H]2NC(=O)c2ccc[nH]2)cc1. The first kappa shape index (κ1) is 13.0. The van der Waals surface area contributed by atoms with E-state index in [2.05, 4.69) is 48.4 Å². The first-order valence-corrected chi connectivity index (χ1v) is 7.19. The monoisotopic (exact) mass is 268 g/mol. The maximum Gasteiger partial charge on any atom is 0.267 e. The van der Waals surface area contributed by atoms with Crippen LogP contribution in [0.3, 0.4) is 0 Å². The molecule has 3 rings (SSSR count).